The Labute approximate surface area is 174 Å². The molecule has 3 aromatic rings. The Hall–Kier alpha value is -3.92. The Morgan fingerprint density at radius 1 is 1.23 bits per heavy atom. The van der Waals surface area contributed by atoms with Crippen LogP contribution in [0.4, 0.5) is 0 Å². The maximum Gasteiger partial charge on any atom is 0.330 e. The van der Waals surface area contributed by atoms with E-state index in [1.807, 2.05) is 39.0 Å². The molecule has 0 saturated carbocycles. The monoisotopic (exact) mass is 403 g/mol. The van der Waals surface area contributed by atoms with Gasteiger partial charge in [0.15, 0.2) is 0 Å². The number of aromatic nitrogens is 2. The third kappa shape index (κ3) is 4.73. The van der Waals surface area contributed by atoms with Crippen molar-refractivity contribution in [3.8, 4) is 34.7 Å². The van der Waals surface area contributed by atoms with E-state index in [4.69, 9.17) is 9.26 Å². The minimum Gasteiger partial charge on any atom is -0.490 e. The molecule has 0 aliphatic carbocycles. The van der Waals surface area contributed by atoms with Crippen molar-refractivity contribution < 1.29 is 18.8 Å². The summed E-state index contributed by atoms with van der Waals surface area (Å²) in [7, 11) is 1.33. The molecule has 1 heterocycles. The number of hydrogen-bond acceptors (Lipinski definition) is 7. The molecule has 30 heavy (non-hydrogen) atoms. The molecule has 0 atom stereocenters. The molecule has 152 valence electrons. The fourth-order valence-corrected chi connectivity index (χ4v) is 2.83. The quantitative estimate of drug-likeness (QED) is 0.439. The number of hydrogen-bond donors (Lipinski definition) is 0. The molecule has 0 fully saturated rings. The molecule has 3 rings (SSSR count). The molecule has 0 spiro atoms. The lowest BCUT2D eigenvalue weighted by atomic mass is 10.0. The molecule has 0 aliphatic heterocycles. The van der Waals surface area contributed by atoms with Gasteiger partial charge in [0.1, 0.15) is 11.8 Å². The fraction of sp³-hybridized carbons (Fsp3) is 0.217. The van der Waals surface area contributed by atoms with Crippen LogP contribution in [0.1, 0.15) is 30.5 Å². The van der Waals surface area contributed by atoms with Crippen molar-refractivity contribution in [1.82, 2.24) is 10.1 Å². The minimum absolute atomic E-state index is 0.0358. The summed E-state index contributed by atoms with van der Waals surface area (Å²) in [5.41, 5.74) is 3.62. The standard InChI is InChI=1S/C23H21N3O4/c1-14(2)29-20-9-7-17(12-18(20)13-24)23-25-22(26-30-23)19-8-5-16(11-15(19)3)6-10-21(27)28-4/h5-12,14H,1-4H3/b10-6-. The van der Waals surface area contributed by atoms with E-state index >= 15 is 0 Å². The molecule has 0 amide bonds. The normalized spacial score (nSPS) is 10.9. The van der Waals surface area contributed by atoms with Gasteiger partial charge in [-0.15, -0.1) is 0 Å². The zero-order valence-corrected chi connectivity index (χ0v) is 17.2. The van der Waals surface area contributed by atoms with E-state index in [1.54, 1.807) is 24.3 Å². The van der Waals surface area contributed by atoms with Crippen LogP contribution in [0.3, 0.4) is 0 Å². The van der Waals surface area contributed by atoms with Crippen LogP contribution in [0, 0.1) is 18.3 Å². The Bertz CT molecular complexity index is 1140. The van der Waals surface area contributed by atoms with Crippen LogP contribution < -0.4 is 4.74 Å². The molecule has 0 N–H and O–H groups in total. The van der Waals surface area contributed by atoms with Gasteiger partial charge in [0.25, 0.3) is 5.89 Å². The van der Waals surface area contributed by atoms with Gasteiger partial charge in [0.05, 0.1) is 18.8 Å². The van der Waals surface area contributed by atoms with Crippen molar-refractivity contribution >= 4 is 12.0 Å². The fourth-order valence-electron chi connectivity index (χ4n) is 2.83. The lowest BCUT2D eigenvalue weighted by Gasteiger charge is -2.11. The molecule has 0 radical (unpaired) electrons. The van der Waals surface area contributed by atoms with Crippen LogP contribution in [-0.2, 0) is 9.53 Å². The van der Waals surface area contributed by atoms with E-state index in [2.05, 4.69) is 20.9 Å². The number of aryl methyl sites for hydroxylation is 1. The van der Waals surface area contributed by atoms with E-state index < -0.39 is 5.97 Å². The van der Waals surface area contributed by atoms with Crippen LogP contribution in [0.15, 0.2) is 47.0 Å². The summed E-state index contributed by atoms with van der Waals surface area (Å²) in [5.74, 6) is 0.849. The number of methoxy groups -OCH3 is 1. The molecule has 7 nitrogen and oxygen atoms in total. The number of benzene rings is 2. The number of nitrogens with zero attached hydrogens (tertiary/aromatic N) is 3. The molecular weight excluding hydrogens is 382 g/mol. The van der Waals surface area contributed by atoms with Crippen molar-refractivity contribution in [2.75, 3.05) is 7.11 Å². The van der Waals surface area contributed by atoms with Crippen molar-refractivity contribution in [3.63, 3.8) is 0 Å². The lowest BCUT2D eigenvalue weighted by Crippen LogP contribution is -2.06. The molecule has 0 aliphatic rings. The van der Waals surface area contributed by atoms with Gasteiger partial charge < -0.3 is 14.0 Å². The zero-order chi connectivity index (χ0) is 21.7. The van der Waals surface area contributed by atoms with E-state index in [1.165, 1.54) is 13.2 Å². The average molecular weight is 403 g/mol. The van der Waals surface area contributed by atoms with Crippen molar-refractivity contribution in [2.24, 2.45) is 0 Å². The second kappa shape index (κ2) is 9.05. The van der Waals surface area contributed by atoms with Crippen LogP contribution in [0.25, 0.3) is 28.9 Å². The molecule has 0 saturated heterocycles. The Morgan fingerprint density at radius 3 is 2.70 bits per heavy atom. The van der Waals surface area contributed by atoms with Gasteiger partial charge in [-0.1, -0.05) is 23.4 Å². The van der Waals surface area contributed by atoms with E-state index in [-0.39, 0.29) is 6.10 Å². The number of carbonyl (C=O) groups excluding carboxylic acids is 1. The molecular formula is C23H21N3O4. The first-order chi connectivity index (χ1) is 14.4. The number of esters is 1. The number of nitriles is 1. The number of carbonyl (C=O) groups is 1. The molecule has 1 aromatic heterocycles. The van der Waals surface area contributed by atoms with Gasteiger partial charge >= 0.3 is 5.97 Å². The number of rotatable bonds is 6. The lowest BCUT2D eigenvalue weighted by molar-refractivity contribution is -0.134. The van der Waals surface area contributed by atoms with Crippen LogP contribution >= 0.6 is 0 Å². The van der Waals surface area contributed by atoms with Crippen LogP contribution in [0.5, 0.6) is 5.75 Å². The highest BCUT2D eigenvalue weighted by molar-refractivity contribution is 5.87. The Balaban J connectivity index is 1.87. The van der Waals surface area contributed by atoms with E-state index in [9.17, 15) is 10.1 Å². The summed E-state index contributed by atoms with van der Waals surface area (Å²) in [5, 5.41) is 13.5. The number of ether oxygens (including phenoxy) is 2. The first-order valence-electron chi connectivity index (χ1n) is 9.33. The highest BCUT2D eigenvalue weighted by atomic mass is 16.5. The van der Waals surface area contributed by atoms with Gasteiger partial charge in [0, 0.05) is 17.2 Å². The summed E-state index contributed by atoms with van der Waals surface area (Å²) in [6.07, 6.45) is 3.00. The summed E-state index contributed by atoms with van der Waals surface area (Å²) >= 11 is 0. The molecule has 0 unspecified atom stereocenters. The average Bonchev–Trinajstić information content (AvgIpc) is 3.21. The zero-order valence-electron chi connectivity index (χ0n) is 17.2. The molecule has 7 heteroatoms. The summed E-state index contributed by atoms with van der Waals surface area (Å²) < 4.78 is 15.7. The smallest absolute Gasteiger partial charge is 0.330 e. The Kier molecular flexibility index (Phi) is 6.28. The first-order valence-corrected chi connectivity index (χ1v) is 9.33. The minimum atomic E-state index is -0.416. The molecule has 0 bridgehead atoms. The van der Waals surface area contributed by atoms with Gasteiger partial charge in [-0.25, -0.2) is 4.79 Å². The van der Waals surface area contributed by atoms with Gasteiger partial charge in [-0.3, -0.25) is 0 Å². The van der Waals surface area contributed by atoms with E-state index in [0.29, 0.717) is 28.6 Å². The van der Waals surface area contributed by atoms with Crippen LogP contribution in [-0.4, -0.2) is 29.3 Å². The summed E-state index contributed by atoms with van der Waals surface area (Å²) in [6, 6.07) is 12.9. The maximum atomic E-state index is 11.2. The third-order valence-electron chi connectivity index (χ3n) is 4.24. The van der Waals surface area contributed by atoms with Crippen molar-refractivity contribution in [1.29, 1.82) is 5.26 Å². The first kappa shape index (κ1) is 20.8. The predicted octanol–water partition coefficient (Wildman–Crippen LogP) is 4.56. The van der Waals surface area contributed by atoms with Crippen molar-refractivity contribution in [3.05, 3.63) is 59.2 Å². The van der Waals surface area contributed by atoms with E-state index in [0.717, 1.165) is 16.7 Å². The highest BCUT2D eigenvalue weighted by Crippen LogP contribution is 2.29. The topological polar surface area (TPSA) is 98.2 Å². The van der Waals surface area contributed by atoms with Crippen LogP contribution in [0.2, 0.25) is 0 Å². The van der Waals surface area contributed by atoms with Gasteiger partial charge in [-0.05, 0) is 56.2 Å². The van der Waals surface area contributed by atoms with Gasteiger partial charge in [-0.2, -0.15) is 10.2 Å². The largest absolute Gasteiger partial charge is 0.490 e. The predicted molar refractivity (Wildman–Crippen MR) is 111 cm³/mol. The second-order valence-electron chi connectivity index (χ2n) is 6.84. The highest BCUT2D eigenvalue weighted by Gasteiger charge is 2.15. The SMILES string of the molecule is COC(=O)/C=C\c1ccc(-c2noc(-c3ccc(OC(C)C)c(C#N)c3)n2)c(C)c1. The van der Waals surface area contributed by atoms with Crippen molar-refractivity contribution in [2.45, 2.75) is 26.9 Å². The van der Waals surface area contributed by atoms with Gasteiger partial charge in [0.2, 0.25) is 5.82 Å². The maximum absolute atomic E-state index is 11.2. The second-order valence-corrected chi connectivity index (χ2v) is 6.84. The Morgan fingerprint density at radius 2 is 2.03 bits per heavy atom. The molecule has 2 aromatic carbocycles. The summed E-state index contributed by atoms with van der Waals surface area (Å²) in [4.78, 5) is 15.7. The third-order valence-corrected chi connectivity index (χ3v) is 4.24. The summed E-state index contributed by atoms with van der Waals surface area (Å²) in [6.45, 7) is 5.73.